The summed E-state index contributed by atoms with van der Waals surface area (Å²) in [5.74, 6) is -0.535. The van der Waals surface area contributed by atoms with Gasteiger partial charge in [-0.25, -0.2) is 0 Å². The minimum absolute atomic E-state index is 0.173. The molecule has 2 amide bonds. The number of ether oxygens (including phenoxy) is 1. The maximum absolute atomic E-state index is 12.0. The first kappa shape index (κ1) is 20.5. The summed E-state index contributed by atoms with van der Waals surface area (Å²) in [5.41, 5.74) is 7.87. The fraction of sp³-hybridized carbons (Fsp3) is 0.333. The van der Waals surface area contributed by atoms with Crippen molar-refractivity contribution in [3.05, 3.63) is 65.2 Å². The van der Waals surface area contributed by atoms with Crippen LogP contribution in [0.3, 0.4) is 0 Å². The molecule has 0 saturated heterocycles. The molecule has 0 aromatic heterocycles. The molecule has 0 aliphatic carbocycles. The first-order valence-corrected chi connectivity index (χ1v) is 9.23. The van der Waals surface area contributed by atoms with Crippen molar-refractivity contribution in [3.8, 4) is 5.75 Å². The predicted octanol–water partition coefficient (Wildman–Crippen LogP) is 0.905. The Hall–Kier alpha value is -2.86. The third-order valence-corrected chi connectivity index (χ3v) is 4.48. The summed E-state index contributed by atoms with van der Waals surface area (Å²) in [5, 5.41) is 2.82. The van der Waals surface area contributed by atoms with Crippen LogP contribution in [-0.2, 0) is 17.9 Å². The zero-order valence-electron chi connectivity index (χ0n) is 16.0. The molecule has 0 unspecified atom stereocenters. The first-order valence-electron chi connectivity index (χ1n) is 9.23. The Morgan fingerprint density at radius 2 is 1.63 bits per heavy atom. The molecular formula is C21H28N3O3+. The number of benzene rings is 2. The highest BCUT2D eigenvalue weighted by Crippen LogP contribution is 2.16. The maximum Gasteiger partial charge on any atom is 0.258 e. The molecule has 0 bridgehead atoms. The van der Waals surface area contributed by atoms with E-state index in [1.807, 2.05) is 12.1 Å². The number of hydrogen-bond donors (Lipinski definition) is 3. The van der Waals surface area contributed by atoms with Crippen molar-refractivity contribution in [2.24, 2.45) is 5.73 Å². The van der Waals surface area contributed by atoms with E-state index in [1.54, 1.807) is 24.3 Å². The maximum atomic E-state index is 12.0. The Bertz CT molecular complexity index is 756. The fourth-order valence-corrected chi connectivity index (χ4v) is 2.75. The van der Waals surface area contributed by atoms with Gasteiger partial charge in [-0.15, -0.1) is 0 Å². The van der Waals surface area contributed by atoms with Crippen LogP contribution in [-0.4, -0.2) is 31.5 Å². The molecule has 2 rings (SSSR count). The van der Waals surface area contributed by atoms with Crippen LogP contribution in [0.4, 0.5) is 0 Å². The number of rotatable bonds is 10. The lowest BCUT2D eigenvalue weighted by Crippen LogP contribution is -3.10. The fourth-order valence-electron chi connectivity index (χ4n) is 2.75. The lowest BCUT2D eigenvalue weighted by Gasteiger charge is -2.15. The standard InChI is InChI=1S/C21H27N3O3/c1-3-24(4-2)14-17-11-9-16(10-12-17)13-23-20(25)15-27-19-8-6-5-7-18(19)21(22)26/h5-12H,3-4,13-15H2,1-2H3,(H2,22,26)(H,23,25)/p+1. The second kappa shape index (κ2) is 10.3. The molecule has 0 fully saturated rings. The number of carbonyl (C=O) groups is 2. The number of para-hydroxylation sites is 1. The van der Waals surface area contributed by atoms with Gasteiger partial charge in [0.05, 0.1) is 18.7 Å². The Balaban J connectivity index is 1.81. The molecule has 27 heavy (non-hydrogen) atoms. The largest absolute Gasteiger partial charge is 0.483 e. The molecule has 144 valence electrons. The molecule has 4 N–H and O–H groups in total. The molecule has 0 heterocycles. The van der Waals surface area contributed by atoms with E-state index in [4.69, 9.17) is 10.5 Å². The molecule has 0 saturated carbocycles. The molecule has 0 aliphatic rings. The highest BCUT2D eigenvalue weighted by atomic mass is 16.5. The summed E-state index contributed by atoms with van der Waals surface area (Å²) in [6.07, 6.45) is 0. The Morgan fingerprint density at radius 1 is 1.00 bits per heavy atom. The van der Waals surface area contributed by atoms with Gasteiger partial charge in [0.1, 0.15) is 12.3 Å². The predicted molar refractivity (Wildman–Crippen MR) is 104 cm³/mol. The first-order chi connectivity index (χ1) is 13.0. The lowest BCUT2D eigenvalue weighted by molar-refractivity contribution is -0.910. The monoisotopic (exact) mass is 370 g/mol. The average molecular weight is 370 g/mol. The van der Waals surface area contributed by atoms with Gasteiger partial charge in [0, 0.05) is 12.1 Å². The molecular weight excluding hydrogens is 342 g/mol. The van der Waals surface area contributed by atoms with E-state index < -0.39 is 5.91 Å². The summed E-state index contributed by atoms with van der Waals surface area (Å²) < 4.78 is 5.42. The van der Waals surface area contributed by atoms with Gasteiger partial charge < -0.3 is 20.7 Å². The van der Waals surface area contributed by atoms with Crippen LogP contribution in [0.15, 0.2) is 48.5 Å². The summed E-state index contributed by atoms with van der Waals surface area (Å²) >= 11 is 0. The number of nitrogens with one attached hydrogen (secondary N) is 2. The number of primary amides is 1. The Morgan fingerprint density at radius 3 is 2.26 bits per heavy atom. The SMILES string of the molecule is CC[NH+](CC)Cc1ccc(CNC(=O)COc2ccccc2C(N)=O)cc1. The Labute approximate surface area is 160 Å². The molecule has 2 aromatic rings. The zero-order valence-corrected chi connectivity index (χ0v) is 16.0. The van der Waals surface area contributed by atoms with Crippen molar-refractivity contribution < 1.29 is 19.2 Å². The number of carbonyl (C=O) groups excluding carboxylic acids is 2. The topological polar surface area (TPSA) is 85.9 Å². The van der Waals surface area contributed by atoms with E-state index in [0.29, 0.717) is 12.3 Å². The normalized spacial score (nSPS) is 10.6. The van der Waals surface area contributed by atoms with Gasteiger partial charge in [-0.05, 0) is 31.5 Å². The van der Waals surface area contributed by atoms with Gasteiger partial charge >= 0.3 is 0 Å². The number of nitrogens with two attached hydrogens (primary N) is 1. The van der Waals surface area contributed by atoms with Crippen LogP contribution in [0.25, 0.3) is 0 Å². The number of quaternary nitrogens is 1. The van der Waals surface area contributed by atoms with E-state index in [2.05, 4.69) is 31.3 Å². The molecule has 6 heteroatoms. The van der Waals surface area contributed by atoms with Crippen molar-refractivity contribution in [2.45, 2.75) is 26.9 Å². The van der Waals surface area contributed by atoms with Gasteiger partial charge in [-0.3, -0.25) is 9.59 Å². The highest BCUT2D eigenvalue weighted by Gasteiger charge is 2.10. The number of amides is 2. The van der Waals surface area contributed by atoms with Crippen molar-refractivity contribution in [1.82, 2.24) is 5.32 Å². The van der Waals surface area contributed by atoms with Crippen molar-refractivity contribution in [1.29, 1.82) is 0 Å². The molecule has 0 aliphatic heterocycles. The smallest absolute Gasteiger partial charge is 0.258 e. The summed E-state index contributed by atoms with van der Waals surface area (Å²) in [6.45, 7) is 7.85. The quantitative estimate of drug-likeness (QED) is 0.581. The lowest BCUT2D eigenvalue weighted by atomic mass is 10.1. The summed E-state index contributed by atoms with van der Waals surface area (Å²) in [6, 6.07) is 14.9. The Kier molecular flexibility index (Phi) is 7.82. The van der Waals surface area contributed by atoms with Crippen LogP contribution in [0, 0.1) is 0 Å². The summed E-state index contributed by atoms with van der Waals surface area (Å²) in [7, 11) is 0. The van der Waals surface area contributed by atoms with Crippen molar-refractivity contribution in [2.75, 3.05) is 19.7 Å². The van der Waals surface area contributed by atoms with Gasteiger partial charge in [-0.2, -0.15) is 0 Å². The minimum Gasteiger partial charge on any atom is -0.483 e. The van der Waals surface area contributed by atoms with Crippen LogP contribution in [0.5, 0.6) is 5.75 Å². The average Bonchev–Trinajstić information content (AvgIpc) is 2.69. The van der Waals surface area contributed by atoms with E-state index in [-0.39, 0.29) is 18.1 Å². The second-order valence-corrected chi connectivity index (χ2v) is 6.38. The second-order valence-electron chi connectivity index (χ2n) is 6.38. The summed E-state index contributed by atoms with van der Waals surface area (Å²) in [4.78, 5) is 24.9. The molecule has 6 nitrogen and oxygen atoms in total. The van der Waals surface area contributed by atoms with Gasteiger partial charge in [0.2, 0.25) is 0 Å². The van der Waals surface area contributed by atoms with Crippen LogP contribution in [0.1, 0.15) is 35.3 Å². The van der Waals surface area contributed by atoms with Crippen LogP contribution in [0.2, 0.25) is 0 Å². The van der Waals surface area contributed by atoms with E-state index in [9.17, 15) is 9.59 Å². The van der Waals surface area contributed by atoms with E-state index in [1.165, 1.54) is 10.5 Å². The van der Waals surface area contributed by atoms with E-state index >= 15 is 0 Å². The molecule has 0 radical (unpaired) electrons. The minimum atomic E-state index is -0.586. The van der Waals surface area contributed by atoms with Gasteiger partial charge in [0.25, 0.3) is 11.8 Å². The highest BCUT2D eigenvalue weighted by molar-refractivity contribution is 5.95. The third kappa shape index (κ3) is 6.42. The third-order valence-electron chi connectivity index (χ3n) is 4.48. The molecule has 2 aromatic carbocycles. The zero-order chi connectivity index (χ0) is 19.6. The number of hydrogen-bond acceptors (Lipinski definition) is 3. The van der Waals surface area contributed by atoms with Crippen LogP contribution < -0.4 is 20.7 Å². The molecule has 0 atom stereocenters. The van der Waals surface area contributed by atoms with Crippen molar-refractivity contribution in [3.63, 3.8) is 0 Å². The van der Waals surface area contributed by atoms with E-state index in [0.717, 1.165) is 25.2 Å². The molecule has 0 spiro atoms. The van der Waals surface area contributed by atoms with Gasteiger partial charge in [-0.1, -0.05) is 36.4 Å². The van der Waals surface area contributed by atoms with Crippen LogP contribution >= 0.6 is 0 Å². The van der Waals surface area contributed by atoms with Gasteiger partial charge in [0.15, 0.2) is 6.61 Å². The van der Waals surface area contributed by atoms with Crippen molar-refractivity contribution >= 4 is 11.8 Å².